The number of aryl methyl sites for hydroxylation is 2. The summed E-state index contributed by atoms with van der Waals surface area (Å²) in [5.41, 5.74) is 3.19. The smallest absolute Gasteiger partial charge is 0.322 e. The third-order valence-corrected chi connectivity index (χ3v) is 6.35. The van der Waals surface area contributed by atoms with E-state index in [1.54, 1.807) is 13.8 Å². The number of nitrogens with zero attached hydrogens (tertiary/aromatic N) is 2. The van der Waals surface area contributed by atoms with Gasteiger partial charge in [-0.15, -0.1) is 5.10 Å². The van der Waals surface area contributed by atoms with Gasteiger partial charge in [0.2, 0.25) is 5.89 Å². The Morgan fingerprint density at radius 3 is 2.18 bits per heavy atom. The molecule has 1 heterocycles. The third-order valence-electron chi connectivity index (χ3n) is 4.18. The van der Waals surface area contributed by atoms with E-state index < -0.39 is 21.0 Å². The molecule has 0 atom stereocenters. The van der Waals surface area contributed by atoms with Gasteiger partial charge in [0.15, 0.2) is 9.84 Å². The second kappa shape index (κ2) is 7.55. The fraction of sp³-hybridized carbons (Fsp3) is 0.250. The molecule has 0 aliphatic rings. The summed E-state index contributed by atoms with van der Waals surface area (Å²) >= 11 is 0. The van der Waals surface area contributed by atoms with Crippen molar-refractivity contribution < 1.29 is 17.6 Å². The molecule has 1 N–H and O–H groups in total. The predicted molar refractivity (Wildman–Crippen MR) is 106 cm³/mol. The molecule has 2 aromatic carbocycles. The summed E-state index contributed by atoms with van der Waals surface area (Å²) in [6.45, 7) is 7.16. The second-order valence-electron chi connectivity index (χ2n) is 6.86. The van der Waals surface area contributed by atoms with Gasteiger partial charge in [0.05, 0.1) is 10.1 Å². The van der Waals surface area contributed by atoms with Crippen molar-refractivity contribution in [2.75, 3.05) is 5.32 Å². The van der Waals surface area contributed by atoms with Gasteiger partial charge < -0.3 is 4.42 Å². The number of anilines is 1. The summed E-state index contributed by atoms with van der Waals surface area (Å²) < 4.78 is 29.8. The Labute approximate surface area is 163 Å². The minimum Gasteiger partial charge on any atom is -0.403 e. The molecule has 8 heteroatoms. The van der Waals surface area contributed by atoms with E-state index in [-0.39, 0.29) is 16.5 Å². The molecule has 0 saturated heterocycles. The number of sulfone groups is 1. The summed E-state index contributed by atoms with van der Waals surface area (Å²) in [6.07, 6.45) is 0. The van der Waals surface area contributed by atoms with E-state index in [0.29, 0.717) is 5.89 Å². The minimum absolute atomic E-state index is 0.0296. The lowest BCUT2D eigenvalue weighted by Gasteiger charge is -2.08. The number of rotatable bonds is 5. The van der Waals surface area contributed by atoms with Gasteiger partial charge in [0.25, 0.3) is 5.91 Å². The molecule has 0 aliphatic heterocycles. The highest BCUT2D eigenvalue weighted by molar-refractivity contribution is 7.92. The lowest BCUT2D eigenvalue weighted by atomic mass is 10.1. The van der Waals surface area contributed by atoms with Crippen LogP contribution < -0.4 is 5.32 Å². The fourth-order valence-corrected chi connectivity index (χ4v) is 3.79. The van der Waals surface area contributed by atoms with Crippen LogP contribution >= 0.6 is 0 Å². The monoisotopic (exact) mass is 399 g/mol. The Hall–Kier alpha value is -3.00. The van der Waals surface area contributed by atoms with Crippen molar-refractivity contribution in [2.24, 2.45) is 0 Å². The molecule has 1 aromatic heterocycles. The number of aromatic nitrogens is 2. The molecule has 1 amide bonds. The molecule has 7 nitrogen and oxygen atoms in total. The second-order valence-corrected chi connectivity index (χ2v) is 9.37. The number of nitrogens with one attached hydrogen (secondary N) is 1. The zero-order valence-electron chi connectivity index (χ0n) is 16.1. The first-order valence-corrected chi connectivity index (χ1v) is 10.3. The largest absolute Gasteiger partial charge is 0.403 e. The average Bonchev–Trinajstić information content (AvgIpc) is 3.09. The molecule has 0 aliphatic carbocycles. The number of hydrogen-bond donors (Lipinski definition) is 1. The summed E-state index contributed by atoms with van der Waals surface area (Å²) in [5, 5.41) is 9.82. The first kappa shape index (κ1) is 19.8. The van der Waals surface area contributed by atoms with Gasteiger partial charge in [-0.3, -0.25) is 10.1 Å². The van der Waals surface area contributed by atoms with Crippen LogP contribution in [0.3, 0.4) is 0 Å². The summed E-state index contributed by atoms with van der Waals surface area (Å²) in [7, 11) is -3.39. The van der Waals surface area contributed by atoms with Crippen molar-refractivity contribution in [2.45, 2.75) is 37.8 Å². The standard InChI is InChI=1S/C20H21N3O4S/c1-12(2)28(25,26)17-7-5-15(6-8-17)18(24)21-20-23-22-19(27-20)16-10-13(3)9-14(4)11-16/h5-12H,1-4H3,(H,21,23,24). The molecule has 28 heavy (non-hydrogen) atoms. The van der Waals surface area contributed by atoms with Crippen molar-refractivity contribution in [3.63, 3.8) is 0 Å². The van der Waals surface area contributed by atoms with E-state index in [9.17, 15) is 13.2 Å². The lowest BCUT2D eigenvalue weighted by Crippen LogP contribution is -2.15. The molecular formula is C20H21N3O4S. The number of hydrogen-bond acceptors (Lipinski definition) is 6. The minimum atomic E-state index is -3.39. The van der Waals surface area contributed by atoms with Gasteiger partial charge in [-0.2, -0.15) is 0 Å². The fourth-order valence-electron chi connectivity index (χ4n) is 2.73. The topological polar surface area (TPSA) is 102 Å². The maximum Gasteiger partial charge on any atom is 0.322 e. The van der Waals surface area contributed by atoms with Crippen molar-refractivity contribution in [3.8, 4) is 11.5 Å². The molecule has 0 bridgehead atoms. The van der Waals surface area contributed by atoms with E-state index in [1.165, 1.54) is 24.3 Å². The van der Waals surface area contributed by atoms with E-state index >= 15 is 0 Å². The van der Waals surface area contributed by atoms with Crippen molar-refractivity contribution in [1.29, 1.82) is 0 Å². The highest BCUT2D eigenvalue weighted by atomic mass is 32.2. The van der Waals surface area contributed by atoms with E-state index in [2.05, 4.69) is 15.5 Å². The summed E-state index contributed by atoms with van der Waals surface area (Å²) in [4.78, 5) is 12.5. The Balaban J connectivity index is 1.76. The van der Waals surface area contributed by atoms with E-state index in [4.69, 9.17) is 4.42 Å². The molecule has 3 rings (SSSR count). The molecule has 3 aromatic rings. The van der Waals surface area contributed by atoms with Crippen LogP contribution in [0.5, 0.6) is 0 Å². The summed E-state index contributed by atoms with van der Waals surface area (Å²) in [5.74, 6) is -0.162. The Kier molecular flexibility index (Phi) is 5.33. The zero-order valence-corrected chi connectivity index (χ0v) is 16.9. The average molecular weight is 399 g/mol. The quantitative estimate of drug-likeness (QED) is 0.700. The van der Waals surface area contributed by atoms with Crippen LogP contribution in [0.4, 0.5) is 6.01 Å². The third kappa shape index (κ3) is 4.12. The normalized spacial score (nSPS) is 11.6. The van der Waals surface area contributed by atoms with Gasteiger partial charge in [-0.05, 0) is 64.1 Å². The van der Waals surface area contributed by atoms with Gasteiger partial charge >= 0.3 is 6.01 Å². The SMILES string of the molecule is Cc1cc(C)cc(-c2nnc(NC(=O)c3ccc(S(=O)(=O)C(C)C)cc3)o2)c1. The molecule has 0 fully saturated rings. The maximum atomic E-state index is 12.4. The van der Waals surface area contributed by atoms with Crippen LogP contribution in [0.15, 0.2) is 51.8 Å². The highest BCUT2D eigenvalue weighted by Crippen LogP contribution is 2.23. The van der Waals surface area contributed by atoms with Crippen molar-refractivity contribution in [1.82, 2.24) is 10.2 Å². The highest BCUT2D eigenvalue weighted by Gasteiger charge is 2.20. The molecule has 0 unspecified atom stereocenters. The van der Waals surface area contributed by atoms with Crippen LogP contribution in [0, 0.1) is 13.8 Å². The number of carbonyl (C=O) groups is 1. The molecule has 0 radical (unpaired) electrons. The molecule has 0 spiro atoms. The number of benzene rings is 2. The van der Waals surface area contributed by atoms with Gasteiger partial charge in [-0.25, -0.2) is 8.42 Å². The van der Waals surface area contributed by atoms with Crippen molar-refractivity contribution in [3.05, 3.63) is 59.2 Å². The van der Waals surface area contributed by atoms with Crippen LogP contribution in [0.2, 0.25) is 0 Å². The Bertz CT molecular complexity index is 1100. The van der Waals surface area contributed by atoms with Gasteiger partial charge in [0, 0.05) is 11.1 Å². The van der Waals surface area contributed by atoms with Crippen molar-refractivity contribution >= 4 is 21.8 Å². The van der Waals surface area contributed by atoms with Gasteiger partial charge in [0.1, 0.15) is 0 Å². The van der Waals surface area contributed by atoms with Gasteiger partial charge in [-0.1, -0.05) is 22.3 Å². The first-order chi connectivity index (χ1) is 13.2. The van der Waals surface area contributed by atoms with Crippen LogP contribution in [-0.4, -0.2) is 29.8 Å². The summed E-state index contributed by atoms with van der Waals surface area (Å²) in [6, 6.07) is 11.6. The lowest BCUT2D eigenvalue weighted by molar-refractivity contribution is 0.102. The van der Waals surface area contributed by atoms with E-state index in [1.807, 2.05) is 32.0 Å². The van der Waals surface area contributed by atoms with Crippen LogP contribution in [-0.2, 0) is 9.84 Å². The number of carbonyl (C=O) groups excluding carboxylic acids is 1. The molecule has 0 saturated carbocycles. The molecule has 146 valence electrons. The Morgan fingerprint density at radius 2 is 1.61 bits per heavy atom. The van der Waals surface area contributed by atoms with E-state index in [0.717, 1.165) is 16.7 Å². The predicted octanol–water partition coefficient (Wildman–Crippen LogP) is 3.79. The maximum absolute atomic E-state index is 12.4. The zero-order chi connectivity index (χ0) is 20.5. The van der Waals surface area contributed by atoms with Crippen LogP contribution in [0.25, 0.3) is 11.5 Å². The van der Waals surface area contributed by atoms with Crippen LogP contribution in [0.1, 0.15) is 35.3 Å². The molecular weight excluding hydrogens is 378 g/mol. The number of amides is 1. The Morgan fingerprint density at radius 1 is 1.00 bits per heavy atom. The first-order valence-electron chi connectivity index (χ1n) is 8.74.